The molecule has 0 unspecified atom stereocenters. The van der Waals surface area contributed by atoms with Crippen molar-refractivity contribution in [3.8, 4) is 0 Å². The highest BCUT2D eigenvalue weighted by Crippen LogP contribution is 2.14. The molecule has 0 bridgehead atoms. The lowest BCUT2D eigenvalue weighted by Crippen LogP contribution is -2.26. The number of hydrazine groups is 1. The van der Waals surface area contributed by atoms with Crippen LogP contribution in [-0.2, 0) is 6.54 Å². The van der Waals surface area contributed by atoms with Crippen LogP contribution in [0.4, 0.5) is 5.69 Å². The molecular formula is C14H19N5O. The Morgan fingerprint density at radius 3 is 2.95 bits per heavy atom. The number of nitrogen functional groups attached to an aromatic ring is 1. The molecule has 2 rings (SSSR count). The van der Waals surface area contributed by atoms with Gasteiger partial charge < -0.3 is 15.3 Å². The maximum Gasteiger partial charge on any atom is 0.251 e. The lowest BCUT2D eigenvalue weighted by Gasteiger charge is -2.09. The van der Waals surface area contributed by atoms with E-state index in [1.807, 2.05) is 23.8 Å². The SMILES string of the molecule is Cc1cc(NN)ccc1C(=O)NCCCn1ccnc1. The monoisotopic (exact) mass is 273 g/mol. The number of nitrogens with one attached hydrogen (secondary N) is 2. The molecule has 6 heteroatoms. The molecule has 6 nitrogen and oxygen atoms in total. The first-order valence-corrected chi connectivity index (χ1v) is 6.52. The molecule has 0 saturated heterocycles. The number of aryl methyl sites for hydroxylation is 2. The van der Waals surface area contributed by atoms with E-state index in [9.17, 15) is 4.79 Å². The Kier molecular flexibility index (Phi) is 4.73. The molecular weight excluding hydrogens is 254 g/mol. The maximum absolute atomic E-state index is 12.0. The summed E-state index contributed by atoms with van der Waals surface area (Å²) in [5.41, 5.74) is 4.92. The van der Waals surface area contributed by atoms with E-state index >= 15 is 0 Å². The van der Waals surface area contributed by atoms with Crippen molar-refractivity contribution in [2.45, 2.75) is 19.9 Å². The molecule has 0 aliphatic rings. The second kappa shape index (κ2) is 6.72. The predicted molar refractivity (Wildman–Crippen MR) is 78.2 cm³/mol. The van der Waals surface area contributed by atoms with Crippen molar-refractivity contribution >= 4 is 11.6 Å². The normalized spacial score (nSPS) is 10.3. The summed E-state index contributed by atoms with van der Waals surface area (Å²) in [6.45, 7) is 3.36. The summed E-state index contributed by atoms with van der Waals surface area (Å²) in [5, 5.41) is 2.92. The Labute approximate surface area is 118 Å². The van der Waals surface area contributed by atoms with Crippen LogP contribution in [0, 0.1) is 6.92 Å². The highest BCUT2D eigenvalue weighted by molar-refractivity contribution is 5.96. The number of benzene rings is 1. The summed E-state index contributed by atoms with van der Waals surface area (Å²) >= 11 is 0. The van der Waals surface area contributed by atoms with Gasteiger partial charge in [0.25, 0.3) is 5.91 Å². The van der Waals surface area contributed by atoms with Crippen molar-refractivity contribution in [2.24, 2.45) is 5.84 Å². The molecule has 0 saturated carbocycles. The number of carbonyl (C=O) groups is 1. The van der Waals surface area contributed by atoms with Crippen molar-refractivity contribution in [2.75, 3.05) is 12.0 Å². The Morgan fingerprint density at radius 2 is 2.30 bits per heavy atom. The van der Waals surface area contributed by atoms with Gasteiger partial charge >= 0.3 is 0 Å². The van der Waals surface area contributed by atoms with Crippen LogP contribution in [0.25, 0.3) is 0 Å². The fourth-order valence-corrected chi connectivity index (χ4v) is 1.99. The van der Waals surface area contributed by atoms with Gasteiger partial charge in [0.2, 0.25) is 0 Å². The van der Waals surface area contributed by atoms with E-state index in [0.29, 0.717) is 12.1 Å². The molecule has 0 radical (unpaired) electrons. The van der Waals surface area contributed by atoms with Crippen LogP contribution in [0.15, 0.2) is 36.9 Å². The number of nitrogens with zero attached hydrogens (tertiary/aromatic N) is 2. The van der Waals surface area contributed by atoms with Crippen LogP contribution in [0.1, 0.15) is 22.3 Å². The molecule has 106 valence electrons. The zero-order valence-corrected chi connectivity index (χ0v) is 11.5. The van der Waals surface area contributed by atoms with Crippen molar-refractivity contribution < 1.29 is 4.79 Å². The molecule has 0 atom stereocenters. The maximum atomic E-state index is 12.0. The first-order chi connectivity index (χ1) is 9.70. The summed E-state index contributed by atoms with van der Waals surface area (Å²) in [5.74, 6) is 5.27. The van der Waals surface area contributed by atoms with Crippen molar-refractivity contribution in [3.63, 3.8) is 0 Å². The highest BCUT2D eigenvalue weighted by atomic mass is 16.1. The van der Waals surface area contributed by atoms with Crippen molar-refractivity contribution in [3.05, 3.63) is 48.0 Å². The minimum absolute atomic E-state index is 0.0586. The largest absolute Gasteiger partial charge is 0.352 e. The second-order valence-electron chi connectivity index (χ2n) is 4.58. The van der Waals surface area contributed by atoms with Crippen LogP contribution < -0.4 is 16.6 Å². The number of amides is 1. The average Bonchev–Trinajstić information content (AvgIpc) is 2.96. The summed E-state index contributed by atoms with van der Waals surface area (Å²) in [4.78, 5) is 16.0. The number of hydrogen-bond acceptors (Lipinski definition) is 4. The lowest BCUT2D eigenvalue weighted by molar-refractivity contribution is 0.0952. The molecule has 0 spiro atoms. The molecule has 1 heterocycles. The van der Waals surface area contributed by atoms with Gasteiger partial charge in [-0.3, -0.25) is 10.6 Å². The van der Waals surface area contributed by atoms with Crippen LogP contribution in [0.5, 0.6) is 0 Å². The molecule has 2 aromatic rings. The van der Waals surface area contributed by atoms with Gasteiger partial charge in [-0.2, -0.15) is 0 Å². The second-order valence-corrected chi connectivity index (χ2v) is 4.58. The number of carbonyl (C=O) groups excluding carboxylic acids is 1. The summed E-state index contributed by atoms with van der Waals surface area (Å²) in [6, 6.07) is 5.41. The van der Waals surface area contributed by atoms with Gasteiger partial charge in [0.15, 0.2) is 0 Å². The molecule has 0 aliphatic carbocycles. The van der Waals surface area contributed by atoms with Gasteiger partial charge in [0.1, 0.15) is 0 Å². The average molecular weight is 273 g/mol. The third-order valence-electron chi connectivity index (χ3n) is 3.08. The minimum atomic E-state index is -0.0586. The number of imidazole rings is 1. The van der Waals surface area contributed by atoms with Gasteiger partial charge in [-0.05, 0) is 37.1 Å². The third kappa shape index (κ3) is 3.58. The van der Waals surface area contributed by atoms with E-state index in [0.717, 1.165) is 24.2 Å². The molecule has 1 amide bonds. The highest BCUT2D eigenvalue weighted by Gasteiger charge is 2.08. The van der Waals surface area contributed by atoms with Gasteiger partial charge in [0, 0.05) is 36.7 Å². The van der Waals surface area contributed by atoms with Crippen LogP contribution in [0.3, 0.4) is 0 Å². The van der Waals surface area contributed by atoms with Gasteiger partial charge in [-0.15, -0.1) is 0 Å². The number of nitrogens with two attached hydrogens (primary N) is 1. The number of anilines is 1. The zero-order valence-electron chi connectivity index (χ0n) is 11.5. The first-order valence-electron chi connectivity index (χ1n) is 6.52. The van der Waals surface area contributed by atoms with Gasteiger partial charge in [-0.1, -0.05) is 0 Å². The van der Waals surface area contributed by atoms with Crippen LogP contribution >= 0.6 is 0 Å². The summed E-state index contributed by atoms with van der Waals surface area (Å²) in [6.07, 6.45) is 6.29. The Bertz CT molecular complexity index is 565. The fraction of sp³-hybridized carbons (Fsp3) is 0.286. The summed E-state index contributed by atoms with van der Waals surface area (Å²) in [7, 11) is 0. The van der Waals surface area contributed by atoms with E-state index in [-0.39, 0.29) is 5.91 Å². The Hall–Kier alpha value is -2.34. The smallest absolute Gasteiger partial charge is 0.251 e. The molecule has 0 aliphatic heterocycles. The quantitative estimate of drug-likeness (QED) is 0.421. The third-order valence-corrected chi connectivity index (χ3v) is 3.08. The van der Waals surface area contributed by atoms with E-state index in [1.165, 1.54) is 0 Å². The molecule has 1 aromatic carbocycles. The first kappa shape index (κ1) is 14.1. The van der Waals surface area contributed by atoms with E-state index < -0.39 is 0 Å². The molecule has 0 fully saturated rings. The minimum Gasteiger partial charge on any atom is -0.352 e. The van der Waals surface area contributed by atoms with E-state index in [4.69, 9.17) is 5.84 Å². The number of hydrogen-bond donors (Lipinski definition) is 3. The predicted octanol–water partition coefficient (Wildman–Crippen LogP) is 1.30. The molecule has 20 heavy (non-hydrogen) atoms. The van der Waals surface area contributed by atoms with Gasteiger partial charge in [-0.25, -0.2) is 4.98 Å². The standard InChI is InChI=1S/C14H19N5O/c1-11-9-12(18-15)3-4-13(11)14(20)17-5-2-7-19-8-6-16-10-19/h3-4,6,8-10,18H,2,5,7,15H2,1H3,(H,17,20). The summed E-state index contributed by atoms with van der Waals surface area (Å²) < 4.78 is 1.99. The zero-order chi connectivity index (χ0) is 14.4. The van der Waals surface area contributed by atoms with Crippen LogP contribution in [0.2, 0.25) is 0 Å². The van der Waals surface area contributed by atoms with Crippen molar-refractivity contribution in [1.82, 2.24) is 14.9 Å². The fourth-order valence-electron chi connectivity index (χ4n) is 1.99. The van der Waals surface area contributed by atoms with Crippen molar-refractivity contribution in [1.29, 1.82) is 0 Å². The lowest BCUT2D eigenvalue weighted by atomic mass is 10.1. The Morgan fingerprint density at radius 1 is 1.45 bits per heavy atom. The van der Waals surface area contributed by atoms with E-state index in [1.54, 1.807) is 24.7 Å². The topological polar surface area (TPSA) is 85.0 Å². The van der Waals surface area contributed by atoms with Crippen LogP contribution in [-0.4, -0.2) is 22.0 Å². The Balaban J connectivity index is 1.82. The van der Waals surface area contributed by atoms with Gasteiger partial charge in [0.05, 0.1) is 6.33 Å². The number of rotatable bonds is 6. The molecule has 4 N–H and O–H groups in total. The van der Waals surface area contributed by atoms with E-state index in [2.05, 4.69) is 15.7 Å². The molecule has 1 aromatic heterocycles. The number of aromatic nitrogens is 2.